The minimum Gasteiger partial charge on any atom is -0.497 e. The molecule has 0 saturated carbocycles. The molecule has 150 valence electrons. The highest BCUT2D eigenvalue weighted by Gasteiger charge is 2.19. The molecule has 2 rings (SSSR count). The standard InChI is InChI=1S/C22H33NO4/c1-6-7-8-9-10-11-14-26-21-20(27-16(2)3)18-13-12-17(25-5)15-19(18)23(4)22(21)24/h12-13,15-16H,6-11,14H2,1-5H3. The van der Waals surface area contributed by atoms with Gasteiger partial charge in [-0.25, -0.2) is 0 Å². The Hall–Kier alpha value is -2.17. The highest BCUT2D eigenvalue weighted by Crippen LogP contribution is 2.35. The first-order valence-corrected chi connectivity index (χ1v) is 9.99. The van der Waals surface area contributed by atoms with Crippen LogP contribution < -0.4 is 19.8 Å². The summed E-state index contributed by atoms with van der Waals surface area (Å²) in [7, 11) is 3.36. The predicted molar refractivity (Wildman–Crippen MR) is 110 cm³/mol. The summed E-state index contributed by atoms with van der Waals surface area (Å²) in [5.41, 5.74) is 0.583. The van der Waals surface area contributed by atoms with E-state index in [4.69, 9.17) is 14.2 Å². The number of benzene rings is 1. The van der Waals surface area contributed by atoms with Gasteiger partial charge in [-0.15, -0.1) is 0 Å². The molecule has 0 bridgehead atoms. The number of rotatable bonds is 11. The first-order chi connectivity index (χ1) is 13.0. The quantitative estimate of drug-likeness (QED) is 0.514. The van der Waals surface area contributed by atoms with Gasteiger partial charge in [0.05, 0.1) is 25.3 Å². The van der Waals surface area contributed by atoms with Crippen LogP contribution in [0.1, 0.15) is 59.3 Å². The van der Waals surface area contributed by atoms with Gasteiger partial charge in [0.25, 0.3) is 5.56 Å². The van der Waals surface area contributed by atoms with Crippen molar-refractivity contribution in [1.82, 2.24) is 4.57 Å². The van der Waals surface area contributed by atoms with Gasteiger partial charge in [-0.2, -0.15) is 0 Å². The lowest BCUT2D eigenvalue weighted by molar-refractivity contribution is 0.220. The molecular weight excluding hydrogens is 342 g/mol. The van der Waals surface area contributed by atoms with E-state index in [1.165, 1.54) is 25.7 Å². The van der Waals surface area contributed by atoms with Crippen molar-refractivity contribution in [3.05, 3.63) is 28.6 Å². The van der Waals surface area contributed by atoms with Crippen molar-refractivity contribution in [2.75, 3.05) is 13.7 Å². The first kappa shape index (κ1) is 21.1. The molecule has 0 spiro atoms. The van der Waals surface area contributed by atoms with Crippen LogP contribution in [0.4, 0.5) is 0 Å². The minimum atomic E-state index is -0.183. The Morgan fingerprint density at radius 2 is 1.74 bits per heavy atom. The Bertz CT molecular complexity index is 795. The number of fused-ring (bicyclic) bond motifs is 1. The Balaban J connectivity index is 2.28. The van der Waals surface area contributed by atoms with Crippen LogP contribution in [0, 0.1) is 0 Å². The molecule has 0 fully saturated rings. The van der Waals surface area contributed by atoms with Crippen molar-refractivity contribution in [3.8, 4) is 17.2 Å². The van der Waals surface area contributed by atoms with E-state index in [1.54, 1.807) is 18.7 Å². The summed E-state index contributed by atoms with van der Waals surface area (Å²) in [6, 6.07) is 5.64. The number of nitrogens with zero attached hydrogens (tertiary/aromatic N) is 1. The molecule has 1 aromatic carbocycles. The van der Waals surface area contributed by atoms with Crippen molar-refractivity contribution >= 4 is 10.9 Å². The Labute approximate surface area is 162 Å². The van der Waals surface area contributed by atoms with Crippen LogP contribution in [-0.4, -0.2) is 24.4 Å². The lowest BCUT2D eigenvalue weighted by Crippen LogP contribution is -2.22. The van der Waals surface area contributed by atoms with E-state index >= 15 is 0 Å². The lowest BCUT2D eigenvalue weighted by atomic mass is 10.1. The molecule has 0 unspecified atom stereocenters. The van der Waals surface area contributed by atoms with Crippen LogP contribution in [-0.2, 0) is 7.05 Å². The zero-order chi connectivity index (χ0) is 19.8. The van der Waals surface area contributed by atoms with E-state index in [0.29, 0.717) is 23.9 Å². The second-order valence-corrected chi connectivity index (χ2v) is 7.19. The molecule has 0 aliphatic carbocycles. The summed E-state index contributed by atoms with van der Waals surface area (Å²) in [6.07, 6.45) is 6.99. The fourth-order valence-electron chi connectivity index (χ4n) is 3.13. The molecule has 0 aliphatic rings. The largest absolute Gasteiger partial charge is 0.497 e. The van der Waals surface area contributed by atoms with E-state index in [9.17, 15) is 4.79 Å². The molecule has 1 heterocycles. The average molecular weight is 376 g/mol. The molecule has 0 N–H and O–H groups in total. The van der Waals surface area contributed by atoms with Crippen LogP contribution in [0.3, 0.4) is 0 Å². The monoisotopic (exact) mass is 375 g/mol. The summed E-state index contributed by atoms with van der Waals surface area (Å²) in [6.45, 7) is 6.64. The summed E-state index contributed by atoms with van der Waals surface area (Å²) >= 11 is 0. The number of hydrogen-bond acceptors (Lipinski definition) is 4. The molecular formula is C22H33NO4. The van der Waals surface area contributed by atoms with Gasteiger partial charge in [0.15, 0.2) is 5.75 Å². The maximum atomic E-state index is 12.9. The van der Waals surface area contributed by atoms with E-state index in [0.717, 1.165) is 23.7 Å². The van der Waals surface area contributed by atoms with Gasteiger partial charge in [-0.1, -0.05) is 39.0 Å². The van der Waals surface area contributed by atoms with E-state index in [2.05, 4.69) is 6.92 Å². The van der Waals surface area contributed by atoms with Crippen LogP contribution in [0.5, 0.6) is 17.2 Å². The molecule has 0 saturated heterocycles. The molecule has 0 atom stereocenters. The van der Waals surface area contributed by atoms with Gasteiger partial charge in [-0.05, 0) is 32.4 Å². The van der Waals surface area contributed by atoms with Gasteiger partial charge < -0.3 is 18.8 Å². The van der Waals surface area contributed by atoms with Gasteiger partial charge in [-0.3, -0.25) is 4.79 Å². The summed E-state index contributed by atoms with van der Waals surface area (Å²) in [4.78, 5) is 12.9. The molecule has 2 aromatic rings. The number of aryl methyl sites for hydroxylation is 1. The topological polar surface area (TPSA) is 49.7 Å². The number of unbranched alkanes of at least 4 members (excludes halogenated alkanes) is 5. The van der Waals surface area contributed by atoms with Crippen LogP contribution in [0.25, 0.3) is 10.9 Å². The molecule has 1 aromatic heterocycles. The maximum absolute atomic E-state index is 12.9. The minimum absolute atomic E-state index is 0.0567. The number of methoxy groups -OCH3 is 1. The smallest absolute Gasteiger partial charge is 0.297 e. The van der Waals surface area contributed by atoms with E-state index < -0.39 is 0 Å². The van der Waals surface area contributed by atoms with Crippen molar-refractivity contribution < 1.29 is 14.2 Å². The molecule has 27 heavy (non-hydrogen) atoms. The van der Waals surface area contributed by atoms with Crippen LogP contribution in [0.15, 0.2) is 23.0 Å². The van der Waals surface area contributed by atoms with Gasteiger partial charge >= 0.3 is 0 Å². The Morgan fingerprint density at radius 1 is 1.04 bits per heavy atom. The summed E-state index contributed by atoms with van der Waals surface area (Å²) < 4.78 is 18.8. The molecule has 5 heteroatoms. The SMILES string of the molecule is CCCCCCCCOc1c(OC(C)C)c2ccc(OC)cc2n(C)c1=O. The number of pyridine rings is 1. The lowest BCUT2D eigenvalue weighted by Gasteiger charge is -2.19. The van der Waals surface area contributed by atoms with Gasteiger partial charge in [0.1, 0.15) is 5.75 Å². The Kier molecular flexibility index (Phi) is 8.01. The highest BCUT2D eigenvalue weighted by molar-refractivity contribution is 5.89. The highest BCUT2D eigenvalue weighted by atomic mass is 16.5. The molecule has 5 nitrogen and oxygen atoms in total. The van der Waals surface area contributed by atoms with E-state index in [1.807, 2.05) is 32.0 Å². The van der Waals surface area contributed by atoms with Crippen molar-refractivity contribution in [2.24, 2.45) is 7.05 Å². The van der Waals surface area contributed by atoms with E-state index in [-0.39, 0.29) is 11.7 Å². The molecule has 0 radical (unpaired) electrons. The fourth-order valence-corrected chi connectivity index (χ4v) is 3.13. The Morgan fingerprint density at radius 3 is 2.41 bits per heavy atom. The second kappa shape index (κ2) is 10.2. The summed E-state index contributed by atoms with van der Waals surface area (Å²) in [5.74, 6) is 1.53. The third kappa shape index (κ3) is 5.41. The van der Waals surface area contributed by atoms with Crippen molar-refractivity contribution in [1.29, 1.82) is 0 Å². The van der Waals surface area contributed by atoms with Gasteiger partial charge in [0.2, 0.25) is 5.75 Å². The fraction of sp³-hybridized carbons (Fsp3) is 0.591. The third-order valence-corrected chi connectivity index (χ3v) is 4.61. The predicted octanol–water partition coefficient (Wildman–Crippen LogP) is 5.07. The van der Waals surface area contributed by atoms with Crippen molar-refractivity contribution in [3.63, 3.8) is 0 Å². The first-order valence-electron chi connectivity index (χ1n) is 9.99. The number of hydrogen-bond donors (Lipinski definition) is 0. The van der Waals surface area contributed by atoms with Crippen molar-refractivity contribution in [2.45, 2.75) is 65.4 Å². The van der Waals surface area contributed by atoms with Gasteiger partial charge in [0, 0.05) is 18.5 Å². The molecule has 0 aliphatic heterocycles. The van der Waals surface area contributed by atoms with Crippen LogP contribution >= 0.6 is 0 Å². The number of ether oxygens (including phenoxy) is 3. The zero-order valence-electron chi connectivity index (χ0n) is 17.3. The third-order valence-electron chi connectivity index (χ3n) is 4.61. The normalized spacial score (nSPS) is 11.2. The average Bonchev–Trinajstić information content (AvgIpc) is 2.66. The zero-order valence-corrected chi connectivity index (χ0v) is 17.3. The molecule has 0 amide bonds. The number of aromatic nitrogens is 1. The second-order valence-electron chi connectivity index (χ2n) is 7.19. The van der Waals surface area contributed by atoms with Crippen LogP contribution in [0.2, 0.25) is 0 Å². The summed E-state index contributed by atoms with van der Waals surface area (Å²) in [5, 5.41) is 0.851. The maximum Gasteiger partial charge on any atom is 0.297 e.